The zero-order chi connectivity index (χ0) is 18.2. The zero-order valence-electron chi connectivity index (χ0n) is 14.8. The second kappa shape index (κ2) is 6.32. The fraction of sp³-hybridized carbons (Fsp3) is 0.143. The Morgan fingerprint density at radius 2 is 1.67 bits per heavy atom. The van der Waals surface area contributed by atoms with Crippen molar-refractivity contribution in [1.82, 2.24) is 14.4 Å². The lowest BCUT2D eigenvalue weighted by Crippen LogP contribution is -2.15. The number of imidazole rings is 1. The third-order valence-electron chi connectivity index (χ3n) is 4.62. The van der Waals surface area contributed by atoms with Crippen molar-refractivity contribution in [3.8, 4) is 39.8 Å². The molecule has 0 aliphatic carbocycles. The minimum atomic E-state index is 0.562. The largest absolute Gasteiger partial charge is 0.497 e. The molecule has 6 nitrogen and oxygen atoms in total. The van der Waals surface area contributed by atoms with Crippen molar-refractivity contribution in [2.45, 2.75) is 0 Å². The Kier molecular flexibility index (Phi) is 3.67. The molecule has 0 saturated heterocycles. The number of nitrogens with zero attached hydrogens (tertiary/aromatic N) is 3. The van der Waals surface area contributed by atoms with Gasteiger partial charge in [-0.05, 0) is 42.5 Å². The molecule has 0 unspecified atom stereocenters. The first kappa shape index (κ1) is 15.7. The van der Waals surface area contributed by atoms with Crippen LogP contribution in [0.5, 0.6) is 17.2 Å². The van der Waals surface area contributed by atoms with E-state index in [1.807, 2.05) is 59.3 Å². The molecule has 0 saturated carbocycles. The Hall–Kier alpha value is -3.54. The van der Waals surface area contributed by atoms with Crippen LogP contribution in [0.2, 0.25) is 0 Å². The van der Waals surface area contributed by atoms with Gasteiger partial charge in [0.25, 0.3) is 0 Å². The monoisotopic (exact) mass is 359 g/mol. The van der Waals surface area contributed by atoms with Crippen LogP contribution >= 0.6 is 0 Å². The van der Waals surface area contributed by atoms with Crippen molar-refractivity contribution in [2.75, 3.05) is 20.3 Å². The number of hydrogen-bond donors (Lipinski definition) is 0. The third-order valence-corrected chi connectivity index (χ3v) is 4.62. The molecule has 0 spiro atoms. The van der Waals surface area contributed by atoms with E-state index in [1.54, 1.807) is 13.3 Å². The maximum Gasteiger partial charge on any atom is 0.162 e. The van der Waals surface area contributed by atoms with Gasteiger partial charge in [-0.1, -0.05) is 0 Å². The highest BCUT2D eigenvalue weighted by molar-refractivity contribution is 5.68. The van der Waals surface area contributed by atoms with Gasteiger partial charge in [0.1, 0.15) is 19.0 Å². The molecule has 5 rings (SSSR count). The summed E-state index contributed by atoms with van der Waals surface area (Å²) in [5.41, 5.74) is 4.65. The van der Waals surface area contributed by atoms with Gasteiger partial charge >= 0.3 is 0 Å². The molecule has 134 valence electrons. The second-order valence-corrected chi connectivity index (χ2v) is 6.23. The normalized spacial score (nSPS) is 12.9. The number of benzene rings is 2. The second-order valence-electron chi connectivity index (χ2n) is 6.23. The quantitative estimate of drug-likeness (QED) is 0.556. The highest BCUT2D eigenvalue weighted by Gasteiger charge is 2.14. The first-order valence-corrected chi connectivity index (χ1v) is 8.69. The summed E-state index contributed by atoms with van der Waals surface area (Å²) in [4.78, 5) is 9.03. The van der Waals surface area contributed by atoms with Gasteiger partial charge in [-0.2, -0.15) is 0 Å². The van der Waals surface area contributed by atoms with Crippen LogP contribution in [-0.2, 0) is 0 Å². The minimum Gasteiger partial charge on any atom is -0.497 e. The van der Waals surface area contributed by atoms with Crippen molar-refractivity contribution in [3.63, 3.8) is 0 Å². The molecule has 0 N–H and O–H groups in total. The highest BCUT2D eigenvalue weighted by Crippen LogP contribution is 2.34. The van der Waals surface area contributed by atoms with Crippen LogP contribution in [0, 0.1) is 0 Å². The van der Waals surface area contributed by atoms with Gasteiger partial charge in [-0.25, -0.2) is 4.98 Å². The Labute approximate surface area is 156 Å². The fourth-order valence-electron chi connectivity index (χ4n) is 3.22. The molecule has 2 aromatic carbocycles. The SMILES string of the molecule is COc1ccc(-c2cnc3cnc(-c4ccc5c(c4)OCCO5)cn23)cc1. The van der Waals surface area contributed by atoms with Crippen LogP contribution < -0.4 is 14.2 Å². The molecular weight excluding hydrogens is 342 g/mol. The van der Waals surface area contributed by atoms with E-state index in [-0.39, 0.29) is 0 Å². The molecule has 0 amide bonds. The predicted molar refractivity (Wildman–Crippen MR) is 101 cm³/mol. The zero-order valence-corrected chi connectivity index (χ0v) is 14.8. The lowest BCUT2D eigenvalue weighted by Gasteiger charge is -2.18. The topological polar surface area (TPSA) is 57.9 Å². The Morgan fingerprint density at radius 1 is 0.889 bits per heavy atom. The molecule has 0 fully saturated rings. The molecule has 27 heavy (non-hydrogen) atoms. The summed E-state index contributed by atoms with van der Waals surface area (Å²) in [6, 6.07) is 13.8. The molecule has 1 aliphatic rings. The van der Waals surface area contributed by atoms with Gasteiger partial charge in [0.05, 0.1) is 30.9 Å². The Morgan fingerprint density at radius 3 is 2.48 bits per heavy atom. The van der Waals surface area contributed by atoms with Gasteiger partial charge in [-0.3, -0.25) is 9.38 Å². The van der Waals surface area contributed by atoms with Crippen LogP contribution in [0.15, 0.2) is 61.1 Å². The predicted octanol–water partition coefficient (Wildman–Crippen LogP) is 3.84. The van der Waals surface area contributed by atoms with Crippen molar-refractivity contribution < 1.29 is 14.2 Å². The van der Waals surface area contributed by atoms with Crippen LogP contribution in [0.4, 0.5) is 0 Å². The summed E-state index contributed by atoms with van der Waals surface area (Å²) in [5.74, 6) is 2.35. The minimum absolute atomic E-state index is 0.562. The number of fused-ring (bicyclic) bond motifs is 2. The Bertz CT molecular complexity index is 1120. The van der Waals surface area contributed by atoms with Gasteiger partial charge < -0.3 is 14.2 Å². The van der Waals surface area contributed by atoms with E-state index in [1.165, 1.54) is 0 Å². The van der Waals surface area contributed by atoms with Gasteiger partial charge in [0.2, 0.25) is 0 Å². The molecule has 6 heteroatoms. The third kappa shape index (κ3) is 2.75. The molecule has 0 atom stereocenters. The number of aromatic nitrogens is 3. The maximum atomic E-state index is 5.69. The first-order valence-electron chi connectivity index (χ1n) is 8.69. The summed E-state index contributed by atoms with van der Waals surface area (Å²) < 4.78 is 18.6. The summed E-state index contributed by atoms with van der Waals surface area (Å²) in [7, 11) is 1.66. The Balaban J connectivity index is 1.58. The number of ether oxygens (including phenoxy) is 3. The summed E-state index contributed by atoms with van der Waals surface area (Å²) in [6.45, 7) is 1.14. The van der Waals surface area contributed by atoms with E-state index in [4.69, 9.17) is 14.2 Å². The number of methoxy groups -OCH3 is 1. The lowest BCUT2D eigenvalue weighted by atomic mass is 10.1. The molecule has 2 aromatic heterocycles. The van der Waals surface area contributed by atoms with E-state index in [0.29, 0.717) is 13.2 Å². The smallest absolute Gasteiger partial charge is 0.162 e. The lowest BCUT2D eigenvalue weighted by molar-refractivity contribution is 0.171. The number of hydrogen-bond acceptors (Lipinski definition) is 5. The molecular formula is C21H17N3O3. The van der Waals surface area contributed by atoms with Crippen molar-refractivity contribution >= 4 is 5.65 Å². The average Bonchev–Trinajstić information content (AvgIpc) is 3.16. The van der Waals surface area contributed by atoms with Crippen LogP contribution in [0.1, 0.15) is 0 Å². The molecule has 0 radical (unpaired) electrons. The van der Waals surface area contributed by atoms with Crippen molar-refractivity contribution in [3.05, 3.63) is 61.1 Å². The van der Waals surface area contributed by atoms with E-state index in [0.717, 1.165) is 45.4 Å². The van der Waals surface area contributed by atoms with Gasteiger partial charge in [0, 0.05) is 17.3 Å². The standard InChI is InChI=1S/C21H17N3O3/c1-25-16-5-2-14(3-6-16)18-11-23-21-12-22-17(13-24(18)21)15-4-7-19-20(10-15)27-9-8-26-19/h2-7,10-13H,8-9H2,1H3. The summed E-state index contributed by atoms with van der Waals surface area (Å²) in [6.07, 6.45) is 5.62. The van der Waals surface area contributed by atoms with E-state index in [2.05, 4.69) is 9.97 Å². The highest BCUT2D eigenvalue weighted by atomic mass is 16.6. The fourth-order valence-corrected chi connectivity index (χ4v) is 3.22. The van der Waals surface area contributed by atoms with Crippen LogP contribution in [-0.4, -0.2) is 34.7 Å². The van der Waals surface area contributed by atoms with Gasteiger partial charge in [-0.15, -0.1) is 0 Å². The number of rotatable bonds is 3. The molecule has 3 heterocycles. The van der Waals surface area contributed by atoms with Crippen LogP contribution in [0.3, 0.4) is 0 Å². The summed E-state index contributed by atoms with van der Waals surface area (Å²) in [5, 5.41) is 0. The summed E-state index contributed by atoms with van der Waals surface area (Å²) >= 11 is 0. The van der Waals surface area contributed by atoms with E-state index >= 15 is 0 Å². The average molecular weight is 359 g/mol. The van der Waals surface area contributed by atoms with Gasteiger partial charge in [0.15, 0.2) is 17.1 Å². The van der Waals surface area contributed by atoms with Crippen molar-refractivity contribution in [1.29, 1.82) is 0 Å². The molecule has 1 aliphatic heterocycles. The van der Waals surface area contributed by atoms with Crippen molar-refractivity contribution in [2.24, 2.45) is 0 Å². The van der Waals surface area contributed by atoms with E-state index < -0.39 is 0 Å². The van der Waals surface area contributed by atoms with Crippen LogP contribution in [0.25, 0.3) is 28.2 Å². The molecule has 4 aromatic rings. The maximum absolute atomic E-state index is 5.69. The van der Waals surface area contributed by atoms with E-state index in [9.17, 15) is 0 Å². The molecule has 0 bridgehead atoms. The first-order chi connectivity index (χ1) is 13.3.